The lowest BCUT2D eigenvalue weighted by Gasteiger charge is -2.31. The number of aliphatic hydroxyl groups is 1. The SMILES string of the molecule is Cc1ccnc(NCC2CC(O)C2)c1Br. The van der Waals surface area contributed by atoms with Gasteiger partial charge in [-0.25, -0.2) is 4.98 Å². The average molecular weight is 271 g/mol. The minimum absolute atomic E-state index is 0.0780. The van der Waals surface area contributed by atoms with Gasteiger partial charge in [-0.3, -0.25) is 0 Å². The lowest BCUT2D eigenvalue weighted by molar-refractivity contribution is 0.0486. The Morgan fingerprint density at radius 3 is 3.00 bits per heavy atom. The number of aromatic nitrogens is 1. The van der Waals surface area contributed by atoms with Crippen molar-refractivity contribution < 1.29 is 5.11 Å². The maximum absolute atomic E-state index is 9.16. The molecule has 1 aromatic heterocycles. The summed E-state index contributed by atoms with van der Waals surface area (Å²) in [5, 5.41) is 12.5. The van der Waals surface area contributed by atoms with Crippen LogP contribution >= 0.6 is 15.9 Å². The van der Waals surface area contributed by atoms with Crippen molar-refractivity contribution in [3.8, 4) is 0 Å². The molecule has 0 saturated heterocycles. The number of aliphatic hydroxyl groups excluding tert-OH is 1. The lowest BCUT2D eigenvalue weighted by Crippen LogP contribution is -2.33. The number of nitrogens with zero attached hydrogens (tertiary/aromatic N) is 1. The van der Waals surface area contributed by atoms with Crippen molar-refractivity contribution in [3.05, 3.63) is 22.3 Å². The minimum atomic E-state index is -0.0780. The topological polar surface area (TPSA) is 45.2 Å². The Hall–Kier alpha value is -0.610. The third-order valence-corrected chi connectivity index (χ3v) is 3.85. The number of hydrogen-bond acceptors (Lipinski definition) is 3. The number of aryl methyl sites for hydroxylation is 1. The molecular weight excluding hydrogens is 256 g/mol. The first-order valence-corrected chi connectivity index (χ1v) is 5.99. The van der Waals surface area contributed by atoms with Crippen molar-refractivity contribution in [2.24, 2.45) is 5.92 Å². The van der Waals surface area contributed by atoms with Gasteiger partial charge in [0.05, 0.1) is 10.6 Å². The van der Waals surface area contributed by atoms with Crippen LogP contribution in [0.5, 0.6) is 0 Å². The zero-order chi connectivity index (χ0) is 10.8. The largest absolute Gasteiger partial charge is 0.393 e. The molecule has 1 heterocycles. The van der Waals surface area contributed by atoms with E-state index in [1.165, 1.54) is 5.56 Å². The highest BCUT2D eigenvalue weighted by Gasteiger charge is 2.26. The fourth-order valence-electron chi connectivity index (χ4n) is 1.77. The van der Waals surface area contributed by atoms with E-state index in [1.807, 2.05) is 13.0 Å². The van der Waals surface area contributed by atoms with Gasteiger partial charge in [-0.1, -0.05) is 0 Å². The number of halogens is 1. The van der Waals surface area contributed by atoms with Crippen LogP contribution in [0.25, 0.3) is 0 Å². The summed E-state index contributed by atoms with van der Waals surface area (Å²) < 4.78 is 1.03. The van der Waals surface area contributed by atoms with Gasteiger partial charge in [0.1, 0.15) is 5.82 Å². The molecule has 3 nitrogen and oxygen atoms in total. The van der Waals surface area contributed by atoms with E-state index in [9.17, 15) is 0 Å². The molecule has 1 aromatic rings. The Morgan fingerprint density at radius 2 is 2.33 bits per heavy atom. The molecule has 1 saturated carbocycles. The highest BCUT2D eigenvalue weighted by molar-refractivity contribution is 9.10. The highest BCUT2D eigenvalue weighted by atomic mass is 79.9. The minimum Gasteiger partial charge on any atom is -0.393 e. The molecule has 0 unspecified atom stereocenters. The molecule has 82 valence electrons. The quantitative estimate of drug-likeness (QED) is 0.886. The average Bonchev–Trinajstić information content (AvgIpc) is 2.17. The standard InChI is InChI=1S/C11H15BrN2O/c1-7-2-3-13-11(10(7)12)14-6-8-4-9(15)5-8/h2-3,8-9,15H,4-6H2,1H3,(H,13,14). The van der Waals surface area contributed by atoms with Crippen molar-refractivity contribution in [1.29, 1.82) is 0 Å². The van der Waals surface area contributed by atoms with E-state index >= 15 is 0 Å². The number of nitrogens with one attached hydrogen (secondary N) is 1. The highest BCUT2D eigenvalue weighted by Crippen LogP contribution is 2.29. The number of anilines is 1. The van der Waals surface area contributed by atoms with E-state index in [1.54, 1.807) is 6.20 Å². The fraction of sp³-hybridized carbons (Fsp3) is 0.545. The van der Waals surface area contributed by atoms with Crippen LogP contribution < -0.4 is 5.32 Å². The van der Waals surface area contributed by atoms with Crippen LogP contribution in [0.1, 0.15) is 18.4 Å². The maximum atomic E-state index is 9.16. The van der Waals surface area contributed by atoms with E-state index in [-0.39, 0.29) is 6.10 Å². The molecule has 0 atom stereocenters. The molecule has 0 aliphatic heterocycles. The predicted octanol–water partition coefficient (Wildman–Crippen LogP) is 2.34. The molecule has 0 aromatic carbocycles. The summed E-state index contributed by atoms with van der Waals surface area (Å²) in [4.78, 5) is 4.27. The molecule has 0 spiro atoms. The first-order chi connectivity index (χ1) is 7.16. The molecule has 2 N–H and O–H groups in total. The molecular formula is C11H15BrN2O. The Labute approximate surface area is 98.0 Å². The first-order valence-electron chi connectivity index (χ1n) is 5.20. The Bertz CT molecular complexity index is 350. The van der Waals surface area contributed by atoms with E-state index < -0.39 is 0 Å². The smallest absolute Gasteiger partial charge is 0.140 e. The molecule has 15 heavy (non-hydrogen) atoms. The summed E-state index contributed by atoms with van der Waals surface area (Å²) in [7, 11) is 0. The number of rotatable bonds is 3. The monoisotopic (exact) mass is 270 g/mol. The van der Waals surface area contributed by atoms with E-state index in [4.69, 9.17) is 5.11 Å². The normalized spacial score (nSPS) is 24.7. The van der Waals surface area contributed by atoms with Gasteiger partial charge in [0.25, 0.3) is 0 Å². The van der Waals surface area contributed by atoms with E-state index in [0.29, 0.717) is 5.92 Å². The van der Waals surface area contributed by atoms with Crippen molar-refractivity contribution >= 4 is 21.7 Å². The van der Waals surface area contributed by atoms with Crippen LogP contribution in [-0.4, -0.2) is 22.7 Å². The second-order valence-electron chi connectivity index (χ2n) is 4.16. The van der Waals surface area contributed by atoms with Crippen molar-refractivity contribution in [2.75, 3.05) is 11.9 Å². The van der Waals surface area contributed by atoms with Gasteiger partial charge in [0.15, 0.2) is 0 Å². The first kappa shape index (κ1) is 10.9. The maximum Gasteiger partial charge on any atom is 0.140 e. The predicted molar refractivity (Wildman–Crippen MR) is 63.9 cm³/mol. The number of pyridine rings is 1. The van der Waals surface area contributed by atoms with Crippen molar-refractivity contribution in [2.45, 2.75) is 25.9 Å². The van der Waals surface area contributed by atoms with Crippen LogP contribution in [0, 0.1) is 12.8 Å². The van der Waals surface area contributed by atoms with Gasteiger partial charge in [-0.15, -0.1) is 0 Å². The van der Waals surface area contributed by atoms with Crippen LogP contribution in [0.3, 0.4) is 0 Å². The van der Waals surface area contributed by atoms with Crippen LogP contribution in [0.4, 0.5) is 5.82 Å². The van der Waals surface area contributed by atoms with Crippen molar-refractivity contribution in [1.82, 2.24) is 4.98 Å². The molecule has 1 fully saturated rings. The lowest BCUT2D eigenvalue weighted by atomic mass is 9.82. The summed E-state index contributed by atoms with van der Waals surface area (Å²) in [5.41, 5.74) is 1.18. The van der Waals surface area contributed by atoms with Crippen LogP contribution in [0.2, 0.25) is 0 Å². The Morgan fingerprint density at radius 1 is 1.60 bits per heavy atom. The molecule has 2 rings (SSSR count). The molecule has 0 amide bonds. The van der Waals surface area contributed by atoms with Gasteiger partial charge < -0.3 is 10.4 Å². The van der Waals surface area contributed by atoms with Gasteiger partial charge in [0, 0.05) is 12.7 Å². The molecule has 0 radical (unpaired) electrons. The summed E-state index contributed by atoms with van der Waals surface area (Å²) in [6, 6.07) is 1.97. The Balaban J connectivity index is 1.91. The van der Waals surface area contributed by atoms with E-state index in [0.717, 1.165) is 29.7 Å². The van der Waals surface area contributed by atoms with E-state index in [2.05, 4.69) is 26.2 Å². The molecule has 1 aliphatic rings. The summed E-state index contributed by atoms with van der Waals surface area (Å²) >= 11 is 3.51. The summed E-state index contributed by atoms with van der Waals surface area (Å²) in [5.74, 6) is 1.49. The van der Waals surface area contributed by atoms with Gasteiger partial charge in [-0.05, 0) is 53.2 Å². The van der Waals surface area contributed by atoms with Crippen LogP contribution in [-0.2, 0) is 0 Å². The summed E-state index contributed by atoms with van der Waals surface area (Å²) in [6.45, 7) is 2.94. The number of hydrogen-bond donors (Lipinski definition) is 2. The Kier molecular flexibility index (Phi) is 3.26. The van der Waals surface area contributed by atoms with Crippen LogP contribution in [0.15, 0.2) is 16.7 Å². The molecule has 0 bridgehead atoms. The third kappa shape index (κ3) is 2.49. The molecule has 4 heteroatoms. The van der Waals surface area contributed by atoms with Crippen molar-refractivity contribution in [3.63, 3.8) is 0 Å². The van der Waals surface area contributed by atoms with Gasteiger partial charge in [0.2, 0.25) is 0 Å². The fourth-order valence-corrected chi connectivity index (χ4v) is 2.15. The zero-order valence-corrected chi connectivity index (χ0v) is 10.3. The van der Waals surface area contributed by atoms with Gasteiger partial charge >= 0.3 is 0 Å². The zero-order valence-electron chi connectivity index (χ0n) is 8.70. The third-order valence-electron chi connectivity index (χ3n) is 2.85. The second kappa shape index (κ2) is 4.49. The second-order valence-corrected chi connectivity index (χ2v) is 4.96. The molecule has 1 aliphatic carbocycles. The van der Waals surface area contributed by atoms with Gasteiger partial charge in [-0.2, -0.15) is 0 Å². The summed E-state index contributed by atoms with van der Waals surface area (Å²) in [6.07, 6.45) is 3.55.